The van der Waals surface area contributed by atoms with Crippen LogP contribution in [0.1, 0.15) is 39.1 Å². The SMILES string of the molecule is CN(c1ccc(Cl)cc1)c1ccc(C(=O)c2cc(C(=O)O)cc(N(C)C3CCOCC3)c2)cc1. The molecule has 176 valence electrons. The minimum atomic E-state index is -1.06. The van der Waals surface area contributed by atoms with E-state index in [4.69, 9.17) is 16.3 Å². The van der Waals surface area contributed by atoms with Gasteiger partial charge in [0.1, 0.15) is 0 Å². The van der Waals surface area contributed by atoms with Gasteiger partial charge in [0.05, 0.1) is 5.56 Å². The third-order valence-electron chi connectivity index (χ3n) is 6.30. The molecule has 1 fully saturated rings. The molecule has 7 heteroatoms. The van der Waals surface area contributed by atoms with Crippen LogP contribution in [-0.4, -0.2) is 50.2 Å². The van der Waals surface area contributed by atoms with Crippen LogP contribution < -0.4 is 9.80 Å². The molecule has 1 aliphatic rings. The molecule has 0 amide bonds. The molecular weight excluding hydrogens is 452 g/mol. The second-order valence-corrected chi connectivity index (χ2v) is 8.88. The Balaban J connectivity index is 1.59. The molecule has 0 saturated carbocycles. The maximum atomic E-state index is 13.3. The van der Waals surface area contributed by atoms with Gasteiger partial charge in [0.25, 0.3) is 0 Å². The minimum Gasteiger partial charge on any atom is -0.478 e. The van der Waals surface area contributed by atoms with Crippen LogP contribution in [0, 0.1) is 0 Å². The van der Waals surface area contributed by atoms with Gasteiger partial charge in [-0.25, -0.2) is 4.79 Å². The molecule has 0 aromatic heterocycles. The normalized spacial score (nSPS) is 14.0. The van der Waals surface area contributed by atoms with Crippen molar-refractivity contribution in [1.82, 2.24) is 0 Å². The zero-order valence-corrected chi connectivity index (χ0v) is 20.0. The fourth-order valence-electron chi connectivity index (χ4n) is 4.17. The van der Waals surface area contributed by atoms with Crippen molar-refractivity contribution in [2.24, 2.45) is 0 Å². The molecule has 0 unspecified atom stereocenters. The number of carbonyl (C=O) groups is 2. The summed E-state index contributed by atoms with van der Waals surface area (Å²) in [5.74, 6) is -1.28. The van der Waals surface area contributed by atoms with Gasteiger partial charge in [-0.1, -0.05) is 11.6 Å². The molecule has 0 atom stereocenters. The number of carboxylic acids is 1. The summed E-state index contributed by atoms with van der Waals surface area (Å²) in [6.07, 6.45) is 1.72. The van der Waals surface area contributed by atoms with Crippen molar-refractivity contribution in [1.29, 1.82) is 0 Å². The van der Waals surface area contributed by atoms with E-state index in [0.29, 0.717) is 35.1 Å². The number of carboxylic acid groups (broad SMARTS) is 1. The highest BCUT2D eigenvalue weighted by Crippen LogP contribution is 2.28. The number of hydrogen-bond acceptors (Lipinski definition) is 5. The van der Waals surface area contributed by atoms with E-state index in [1.165, 1.54) is 6.07 Å². The van der Waals surface area contributed by atoms with E-state index in [1.54, 1.807) is 24.3 Å². The molecular formula is C27H27ClN2O4. The topological polar surface area (TPSA) is 70.1 Å². The third-order valence-corrected chi connectivity index (χ3v) is 6.56. The van der Waals surface area contributed by atoms with E-state index in [-0.39, 0.29) is 17.4 Å². The van der Waals surface area contributed by atoms with Crippen LogP contribution in [0.15, 0.2) is 66.7 Å². The van der Waals surface area contributed by atoms with Gasteiger partial charge < -0.3 is 19.6 Å². The Morgan fingerprint density at radius 3 is 1.97 bits per heavy atom. The van der Waals surface area contributed by atoms with E-state index in [9.17, 15) is 14.7 Å². The van der Waals surface area contributed by atoms with Crippen molar-refractivity contribution >= 4 is 40.4 Å². The molecule has 6 nitrogen and oxygen atoms in total. The van der Waals surface area contributed by atoms with Gasteiger partial charge in [-0.15, -0.1) is 0 Å². The number of halogens is 1. The highest BCUT2D eigenvalue weighted by atomic mass is 35.5. The van der Waals surface area contributed by atoms with Crippen LogP contribution in [0.25, 0.3) is 0 Å². The van der Waals surface area contributed by atoms with Crippen LogP contribution in [0.3, 0.4) is 0 Å². The Morgan fingerprint density at radius 1 is 0.824 bits per heavy atom. The lowest BCUT2D eigenvalue weighted by atomic mass is 9.98. The Labute approximate surface area is 204 Å². The number of ether oxygens (including phenoxy) is 1. The maximum Gasteiger partial charge on any atom is 0.335 e. The van der Waals surface area contributed by atoms with Crippen molar-refractivity contribution in [3.63, 3.8) is 0 Å². The number of carbonyl (C=O) groups excluding carboxylic acids is 1. The molecule has 0 aliphatic carbocycles. The molecule has 1 N–H and O–H groups in total. The summed E-state index contributed by atoms with van der Waals surface area (Å²) in [5, 5.41) is 10.3. The van der Waals surface area contributed by atoms with Crippen molar-refractivity contribution in [3.8, 4) is 0 Å². The van der Waals surface area contributed by atoms with Gasteiger partial charge in [-0.05, 0) is 79.6 Å². The molecule has 1 aliphatic heterocycles. The molecule has 1 saturated heterocycles. The zero-order chi connectivity index (χ0) is 24.2. The lowest BCUT2D eigenvalue weighted by Crippen LogP contribution is -2.36. The van der Waals surface area contributed by atoms with Crippen LogP contribution in [0.4, 0.5) is 17.1 Å². The molecule has 34 heavy (non-hydrogen) atoms. The summed E-state index contributed by atoms with van der Waals surface area (Å²) in [5.41, 5.74) is 3.55. The Bertz CT molecular complexity index is 1170. The Morgan fingerprint density at radius 2 is 1.38 bits per heavy atom. The smallest absolute Gasteiger partial charge is 0.335 e. The van der Waals surface area contributed by atoms with Gasteiger partial charge in [-0.2, -0.15) is 0 Å². The van der Waals surface area contributed by atoms with Gasteiger partial charge in [0, 0.05) is 66.6 Å². The molecule has 0 bridgehead atoms. The first-order valence-electron chi connectivity index (χ1n) is 11.2. The van der Waals surface area contributed by atoms with Crippen LogP contribution in [0.5, 0.6) is 0 Å². The number of anilines is 3. The Hall–Kier alpha value is -3.35. The van der Waals surface area contributed by atoms with E-state index in [2.05, 4.69) is 4.90 Å². The zero-order valence-electron chi connectivity index (χ0n) is 19.2. The summed E-state index contributed by atoms with van der Waals surface area (Å²) < 4.78 is 5.44. The van der Waals surface area contributed by atoms with Crippen LogP contribution in [-0.2, 0) is 4.74 Å². The van der Waals surface area contributed by atoms with E-state index < -0.39 is 5.97 Å². The molecule has 4 rings (SSSR count). The average molecular weight is 479 g/mol. The van der Waals surface area contributed by atoms with Crippen molar-refractivity contribution in [2.45, 2.75) is 18.9 Å². The number of aromatic carboxylic acids is 1. The highest BCUT2D eigenvalue weighted by molar-refractivity contribution is 6.30. The molecule has 3 aromatic rings. The number of benzene rings is 3. The molecule has 1 heterocycles. The lowest BCUT2D eigenvalue weighted by molar-refractivity contribution is 0.0696. The first-order chi connectivity index (χ1) is 16.3. The fraction of sp³-hybridized carbons (Fsp3) is 0.259. The predicted octanol–water partition coefficient (Wildman–Crippen LogP) is 5.65. The molecule has 0 spiro atoms. The second-order valence-electron chi connectivity index (χ2n) is 8.44. The summed E-state index contributed by atoms with van der Waals surface area (Å²) in [6.45, 7) is 1.35. The molecule has 3 aromatic carbocycles. The van der Waals surface area contributed by atoms with E-state index in [1.807, 2.05) is 55.4 Å². The summed E-state index contributed by atoms with van der Waals surface area (Å²) in [7, 11) is 3.88. The average Bonchev–Trinajstić information content (AvgIpc) is 2.88. The van der Waals surface area contributed by atoms with Gasteiger partial charge >= 0.3 is 5.97 Å². The third kappa shape index (κ3) is 5.24. The quantitative estimate of drug-likeness (QED) is 0.442. The second kappa shape index (κ2) is 10.3. The highest BCUT2D eigenvalue weighted by Gasteiger charge is 2.22. The van der Waals surface area contributed by atoms with Crippen molar-refractivity contribution in [3.05, 3.63) is 88.4 Å². The lowest BCUT2D eigenvalue weighted by Gasteiger charge is -2.33. The van der Waals surface area contributed by atoms with Crippen molar-refractivity contribution in [2.75, 3.05) is 37.1 Å². The number of hydrogen-bond donors (Lipinski definition) is 1. The summed E-state index contributed by atoms with van der Waals surface area (Å²) in [6, 6.07) is 19.9. The first-order valence-corrected chi connectivity index (χ1v) is 11.5. The number of ketones is 1. The first kappa shape index (κ1) is 23.8. The van der Waals surface area contributed by atoms with Crippen LogP contribution in [0.2, 0.25) is 5.02 Å². The van der Waals surface area contributed by atoms with E-state index >= 15 is 0 Å². The minimum absolute atomic E-state index is 0.0962. The predicted molar refractivity (Wildman–Crippen MR) is 135 cm³/mol. The van der Waals surface area contributed by atoms with Crippen LogP contribution >= 0.6 is 11.6 Å². The maximum absolute atomic E-state index is 13.3. The van der Waals surface area contributed by atoms with E-state index in [0.717, 1.165) is 24.2 Å². The van der Waals surface area contributed by atoms with Gasteiger partial charge in [0.15, 0.2) is 5.78 Å². The van der Waals surface area contributed by atoms with Crippen molar-refractivity contribution < 1.29 is 19.4 Å². The monoisotopic (exact) mass is 478 g/mol. The fourth-order valence-corrected chi connectivity index (χ4v) is 4.30. The standard InChI is InChI=1S/C27H27ClN2O4/c1-29(23-9-5-21(28)6-10-23)22-7-3-18(4-8-22)26(31)19-15-20(27(32)33)17-25(16-19)30(2)24-11-13-34-14-12-24/h3-10,15-17,24H,11-14H2,1-2H3,(H,32,33). The summed E-state index contributed by atoms with van der Waals surface area (Å²) >= 11 is 5.98. The number of nitrogens with zero attached hydrogens (tertiary/aromatic N) is 2. The number of rotatable bonds is 7. The Kier molecular flexibility index (Phi) is 7.20. The van der Waals surface area contributed by atoms with Gasteiger partial charge in [0.2, 0.25) is 0 Å². The largest absolute Gasteiger partial charge is 0.478 e. The molecule has 0 radical (unpaired) electrons. The van der Waals surface area contributed by atoms with Gasteiger partial charge in [-0.3, -0.25) is 4.79 Å². The summed E-state index contributed by atoms with van der Waals surface area (Å²) in [4.78, 5) is 29.1.